The predicted octanol–water partition coefficient (Wildman–Crippen LogP) is 4.40. The van der Waals surface area contributed by atoms with E-state index in [-0.39, 0.29) is 5.88 Å². The van der Waals surface area contributed by atoms with E-state index in [1.54, 1.807) is 18.2 Å². The molecule has 1 saturated heterocycles. The number of carbonyl (C=O) groups excluding carboxylic acids is 1. The number of esters is 1. The number of anilines is 1. The molecule has 1 aliphatic heterocycles. The van der Waals surface area contributed by atoms with Crippen LogP contribution < -0.4 is 5.43 Å². The molecule has 0 radical (unpaired) electrons. The van der Waals surface area contributed by atoms with Crippen molar-refractivity contribution >= 4 is 34.0 Å². The summed E-state index contributed by atoms with van der Waals surface area (Å²) in [5.74, 6) is -0.451. The van der Waals surface area contributed by atoms with Crippen LogP contribution in [0.25, 0.3) is 10.9 Å². The molecule has 0 unspecified atom stereocenters. The van der Waals surface area contributed by atoms with E-state index in [0.717, 1.165) is 43.1 Å². The van der Waals surface area contributed by atoms with Crippen LogP contribution in [0.4, 0.5) is 11.4 Å². The van der Waals surface area contributed by atoms with Gasteiger partial charge in [0.2, 0.25) is 0 Å². The number of hydrazine groups is 1. The number of H-pyrrole nitrogens is 1. The number of rotatable bonds is 6. The van der Waals surface area contributed by atoms with Gasteiger partial charge in [-0.3, -0.25) is 0 Å². The topological polar surface area (TPSA) is 93.2 Å². The van der Waals surface area contributed by atoms with Gasteiger partial charge in [0.25, 0.3) is 0 Å². The first kappa shape index (κ1) is 23.6. The third kappa shape index (κ3) is 4.95. The minimum atomic E-state index is -0.440. The summed E-state index contributed by atoms with van der Waals surface area (Å²) in [5, 5.41) is 13.8. The molecule has 4 aromatic rings. The summed E-state index contributed by atoms with van der Waals surface area (Å²) in [6, 6.07) is 22.7. The van der Waals surface area contributed by atoms with Gasteiger partial charge in [0, 0.05) is 48.3 Å². The summed E-state index contributed by atoms with van der Waals surface area (Å²) in [6.07, 6.45) is 0. The van der Waals surface area contributed by atoms with Gasteiger partial charge in [-0.2, -0.15) is 0 Å². The molecule has 1 aromatic heterocycles. The highest BCUT2D eigenvalue weighted by Gasteiger charge is 2.20. The van der Waals surface area contributed by atoms with Gasteiger partial charge in [-0.25, -0.2) is 14.8 Å². The van der Waals surface area contributed by atoms with E-state index >= 15 is 0 Å². The van der Waals surface area contributed by atoms with E-state index in [9.17, 15) is 9.90 Å². The van der Waals surface area contributed by atoms with Gasteiger partial charge in [0.15, 0.2) is 5.88 Å². The van der Waals surface area contributed by atoms with Crippen LogP contribution in [0.3, 0.4) is 0 Å². The van der Waals surface area contributed by atoms with Crippen molar-refractivity contribution in [3.05, 3.63) is 89.5 Å². The van der Waals surface area contributed by atoms with E-state index in [1.807, 2.05) is 54.6 Å². The number of ether oxygens (including phenoxy) is 1. The molecule has 1 fully saturated rings. The largest absolute Gasteiger partial charge is 0.494 e. The maximum atomic E-state index is 12.2. The van der Waals surface area contributed by atoms with E-state index in [1.165, 1.54) is 7.11 Å². The summed E-state index contributed by atoms with van der Waals surface area (Å²) in [5.41, 5.74) is 8.28. The monoisotopic (exact) mass is 483 g/mol. The molecule has 3 N–H and O–H groups in total. The molecular weight excluding hydrogens is 454 g/mol. The molecule has 0 bridgehead atoms. The normalized spacial score (nSPS) is 15.2. The molecule has 0 aliphatic carbocycles. The number of benzene rings is 3. The number of fused-ring (bicyclic) bond motifs is 1. The van der Waals surface area contributed by atoms with Crippen molar-refractivity contribution in [1.82, 2.24) is 14.9 Å². The smallest absolute Gasteiger partial charge is 0.337 e. The highest BCUT2D eigenvalue weighted by Crippen LogP contribution is 2.32. The van der Waals surface area contributed by atoms with Crippen LogP contribution in [0.2, 0.25) is 0 Å². The van der Waals surface area contributed by atoms with Crippen molar-refractivity contribution in [2.45, 2.75) is 0 Å². The van der Waals surface area contributed by atoms with Gasteiger partial charge in [-0.1, -0.05) is 30.3 Å². The van der Waals surface area contributed by atoms with Gasteiger partial charge in [0.05, 0.1) is 29.6 Å². The number of nitrogens with one attached hydrogen (secondary N) is 2. The summed E-state index contributed by atoms with van der Waals surface area (Å²) in [6.45, 7) is 3.98. The summed E-state index contributed by atoms with van der Waals surface area (Å²) in [4.78, 5) is 22.4. The van der Waals surface area contributed by atoms with E-state index < -0.39 is 5.97 Å². The Morgan fingerprint density at radius 1 is 0.972 bits per heavy atom. The molecule has 184 valence electrons. The number of piperazine rings is 1. The second-order valence-corrected chi connectivity index (χ2v) is 8.88. The number of aliphatic imine (C=N–C) groups is 1. The lowest BCUT2D eigenvalue weighted by molar-refractivity contribution is 0.0601. The molecule has 0 atom stereocenters. The lowest BCUT2D eigenvalue weighted by Gasteiger charge is -2.33. The Bertz CT molecular complexity index is 1390. The predicted molar refractivity (Wildman–Crippen MR) is 142 cm³/mol. The average Bonchev–Trinajstić information content (AvgIpc) is 3.24. The second-order valence-electron chi connectivity index (χ2n) is 8.88. The Hall–Kier alpha value is -4.14. The fraction of sp³-hybridized carbons (Fsp3) is 0.214. The zero-order chi connectivity index (χ0) is 25.1. The fourth-order valence-electron chi connectivity index (χ4n) is 4.36. The molecule has 0 saturated carbocycles. The van der Waals surface area contributed by atoms with E-state index in [2.05, 4.69) is 27.4 Å². The number of aromatic hydroxyl groups is 1. The number of aromatic amines is 1. The molecule has 0 spiro atoms. The average molecular weight is 484 g/mol. The lowest BCUT2D eigenvalue weighted by atomic mass is 9.99. The Morgan fingerprint density at radius 2 is 1.69 bits per heavy atom. The number of hydrogen-bond acceptors (Lipinski definition) is 7. The highest BCUT2D eigenvalue weighted by molar-refractivity contribution is 6.22. The van der Waals surface area contributed by atoms with Crippen molar-refractivity contribution < 1.29 is 14.6 Å². The maximum Gasteiger partial charge on any atom is 0.337 e. The van der Waals surface area contributed by atoms with Crippen molar-refractivity contribution in [2.24, 2.45) is 4.99 Å². The van der Waals surface area contributed by atoms with Gasteiger partial charge in [-0.05, 0) is 49.5 Å². The summed E-state index contributed by atoms with van der Waals surface area (Å²) >= 11 is 0. The number of likely N-dealkylation sites (N-methyl/N-ethyl adjacent to an activating group) is 1. The van der Waals surface area contributed by atoms with Gasteiger partial charge in [-0.15, -0.1) is 0 Å². The van der Waals surface area contributed by atoms with Gasteiger partial charge < -0.3 is 25.2 Å². The van der Waals surface area contributed by atoms with Gasteiger partial charge in [0.1, 0.15) is 0 Å². The first-order chi connectivity index (χ1) is 17.5. The Labute approximate surface area is 209 Å². The van der Waals surface area contributed by atoms with E-state index in [4.69, 9.17) is 9.73 Å². The summed E-state index contributed by atoms with van der Waals surface area (Å²) in [7, 11) is 3.48. The molecule has 5 rings (SSSR count). The van der Waals surface area contributed by atoms with Crippen molar-refractivity contribution in [2.75, 3.05) is 45.8 Å². The highest BCUT2D eigenvalue weighted by atomic mass is 16.5. The maximum absolute atomic E-state index is 12.2. The second kappa shape index (κ2) is 10.2. The van der Waals surface area contributed by atoms with Crippen molar-refractivity contribution in [3.63, 3.8) is 0 Å². The SMILES string of the molecule is COC(=O)c1ccc2[nH]c(O)c(C(=Nc3ccc(NN4CCN(C)CC4)cc3)c3ccccc3)c2c1. The zero-order valence-electron chi connectivity index (χ0n) is 20.4. The number of nitrogens with zero attached hydrogens (tertiary/aromatic N) is 3. The van der Waals surface area contributed by atoms with Crippen molar-refractivity contribution in [3.8, 4) is 5.88 Å². The number of methoxy groups -OCH3 is 1. The Kier molecular flexibility index (Phi) is 6.71. The lowest BCUT2D eigenvalue weighted by Crippen LogP contribution is -2.46. The fourth-order valence-corrected chi connectivity index (χ4v) is 4.36. The molecule has 8 heteroatoms. The molecule has 3 aromatic carbocycles. The Morgan fingerprint density at radius 3 is 2.39 bits per heavy atom. The molecule has 1 aliphatic rings. The first-order valence-corrected chi connectivity index (χ1v) is 11.9. The Balaban J connectivity index is 1.53. The molecule has 8 nitrogen and oxygen atoms in total. The van der Waals surface area contributed by atoms with Crippen LogP contribution in [0.5, 0.6) is 5.88 Å². The molecule has 36 heavy (non-hydrogen) atoms. The van der Waals surface area contributed by atoms with Crippen LogP contribution in [0.1, 0.15) is 21.5 Å². The number of aromatic nitrogens is 1. The van der Waals surface area contributed by atoms with Crippen molar-refractivity contribution in [1.29, 1.82) is 0 Å². The quantitative estimate of drug-likeness (QED) is 0.278. The third-order valence-corrected chi connectivity index (χ3v) is 6.38. The molecule has 2 heterocycles. The first-order valence-electron chi connectivity index (χ1n) is 11.9. The van der Waals surface area contributed by atoms with Gasteiger partial charge >= 0.3 is 5.97 Å². The molecule has 0 amide bonds. The number of hydrogen-bond donors (Lipinski definition) is 3. The standard InChI is InChI=1S/C28H29N5O3/c1-32-14-16-33(17-15-32)31-22-11-9-21(10-12-22)29-26(19-6-4-3-5-7-19)25-23-18-20(28(35)36-2)8-13-24(23)30-27(25)34/h3-13,18,30-31,34H,14-17H2,1-2H3. The van der Waals surface area contributed by atoms with Crippen LogP contribution in [-0.4, -0.2) is 72.0 Å². The van der Waals surface area contributed by atoms with Crippen LogP contribution in [-0.2, 0) is 4.74 Å². The van der Waals surface area contributed by atoms with Crippen LogP contribution in [0, 0.1) is 0 Å². The number of carbonyl (C=O) groups is 1. The summed E-state index contributed by atoms with van der Waals surface area (Å²) < 4.78 is 4.89. The zero-order valence-corrected chi connectivity index (χ0v) is 20.4. The molecular formula is C28H29N5O3. The minimum Gasteiger partial charge on any atom is -0.494 e. The minimum absolute atomic E-state index is 0.0111. The van der Waals surface area contributed by atoms with Crippen LogP contribution >= 0.6 is 0 Å². The third-order valence-electron chi connectivity index (χ3n) is 6.38. The van der Waals surface area contributed by atoms with Crippen LogP contribution in [0.15, 0.2) is 77.8 Å². The van der Waals surface area contributed by atoms with E-state index in [0.29, 0.717) is 27.7 Å².